The molecule has 0 spiro atoms. The summed E-state index contributed by atoms with van der Waals surface area (Å²) in [5, 5.41) is 1.68. The highest BCUT2D eigenvalue weighted by atomic mass is 79.9. The van der Waals surface area contributed by atoms with Crippen LogP contribution in [0.2, 0.25) is 0 Å². The van der Waals surface area contributed by atoms with Crippen LogP contribution in [0.1, 0.15) is 168 Å². The molecule has 0 unspecified atom stereocenters. The molecule has 4 heterocycles. The summed E-state index contributed by atoms with van der Waals surface area (Å²) in [6.45, 7) is 12.2. The molecule has 2 saturated heterocycles. The van der Waals surface area contributed by atoms with Crippen molar-refractivity contribution in [2.75, 3.05) is 41.5 Å². The van der Waals surface area contributed by atoms with E-state index in [4.69, 9.17) is 37.9 Å². The number of likely N-dealkylation sites (tertiary alicyclic amines) is 2. The molecule has 10 rings (SSSR count). The number of carbonyl (C=O) groups excluding carboxylic acids is 6. The van der Waals surface area contributed by atoms with Crippen molar-refractivity contribution in [3.8, 4) is 23.0 Å². The van der Waals surface area contributed by atoms with Crippen molar-refractivity contribution in [3.63, 3.8) is 0 Å². The number of hydrogen-bond acceptors (Lipinski definition) is 16. The van der Waals surface area contributed by atoms with Gasteiger partial charge in [0.05, 0.1) is 77.2 Å². The first kappa shape index (κ1) is 75.8. The van der Waals surface area contributed by atoms with Gasteiger partial charge in [-0.2, -0.15) is 27.0 Å². The summed E-state index contributed by atoms with van der Waals surface area (Å²) >= 11 is 7.05. The normalized spacial score (nSPS) is 24.9. The van der Waals surface area contributed by atoms with Crippen LogP contribution in [0.5, 0.6) is 23.0 Å². The molecule has 516 valence electrons. The number of pyridine rings is 2. The minimum absolute atomic E-state index is 0. The van der Waals surface area contributed by atoms with Crippen LogP contribution in [0.15, 0.2) is 83.0 Å². The van der Waals surface area contributed by atoms with Crippen LogP contribution in [0, 0.1) is 35.5 Å². The fourth-order valence-electron chi connectivity index (χ4n) is 15.6. The van der Waals surface area contributed by atoms with Crippen LogP contribution in [-0.4, -0.2) is 132 Å². The number of halogens is 2. The largest absolute Gasteiger partial charge is 0.497 e. The standard InChI is InChI=1S/2C36H47BrN2O7.2H2S/c2*1-5-6-7-13-25-14-10-17-36(25,2)46-32(40)21-28(23-11-8-9-12-23)34(41)39-22-27(20-30(39)35(42)44-4)45-31-19-24-18-26(43-3)15-16-29(24)38-33(31)37;;/h2*5,15-16,18-19,23,25,27-28,30H,1,6-14,17,20-22H2,2-4H3;2*1H2/t25-,27+,28-,30-,36+;25-,27-,28+,30+,36+;;/m01../s1. The zero-order valence-corrected chi connectivity index (χ0v) is 60.8. The Morgan fingerprint density at radius 3 is 1.31 bits per heavy atom. The van der Waals surface area contributed by atoms with Gasteiger partial charge in [-0.3, -0.25) is 19.2 Å². The second kappa shape index (κ2) is 35.1. The Morgan fingerprint density at radius 2 is 0.957 bits per heavy atom. The van der Waals surface area contributed by atoms with Gasteiger partial charge in [0.25, 0.3) is 0 Å². The summed E-state index contributed by atoms with van der Waals surface area (Å²) in [6, 6.07) is 13.3. The van der Waals surface area contributed by atoms with Crippen molar-refractivity contribution in [2.24, 2.45) is 35.5 Å². The average Bonchev–Trinajstić information content (AvgIpc) is 1.53. The van der Waals surface area contributed by atoms with Crippen LogP contribution >= 0.6 is 58.9 Å². The Kier molecular flexibility index (Phi) is 28.3. The maximum absolute atomic E-state index is 14.4. The molecule has 4 saturated carbocycles. The molecule has 2 aliphatic heterocycles. The summed E-state index contributed by atoms with van der Waals surface area (Å²) in [5.74, 6) is -0.0178. The molecule has 0 radical (unpaired) electrons. The van der Waals surface area contributed by atoms with Gasteiger partial charge in [0.15, 0.2) is 11.5 Å². The second-order valence-electron chi connectivity index (χ2n) is 26.6. The first-order valence-corrected chi connectivity index (χ1v) is 34.9. The lowest BCUT2D eigenvalue weighted by Gasteiger charge is -2.34. The third-order valence-electron chi connectivity index (χ3n) is 20.7. The van der Waals surface area contributed by atoms with Gasteiger partial charge in [0.1, 0.15) is 56.2 Å². The Morgan fingerprint density at radius 1 is 0.574 bits per heavy atom. The second-order valence-corrected chi connectivity index (χ2v) is 28.1. The fourth-order valence-corrected chi connectivity index (χ4v) is 16.4. The molecule has 2 aromatic heterocycles. The number of hydrogen-bond donors (Lipinski definition) is 0. The fraction of sp³-hybridized carbons (Fsp3) is 0.611. The number of unbranched alkanes of at least 4 members (excludes halogenated alkanes) is 2. The molecule has 2 amide bonds. The number of rotatable bonds is 26. The number of nitrogens with zero attached hydrogens (tertiary/aromatic N) is 4. The minimum atomic E-state index is -0.809. The molecule has 10 atom stereocenters. The van der Waals surface area contributed by atoms with E-state index in [1.165, 1.54) is 14.2 Å². The van der Waals surface area contributed by atoms with Gasteiger partial charge in [0.2, 0.25) is 11.8 Å². The lowest BCUT2D eigenvalue weighted by atomic mass is 9.85. The highest BCUT2D eigenvalue weighted by Gasteiger charge is 2.50. The van der Waals surface area contributed by atoms with Crippen molar-refractivity contribution in [1.29, 1.82) is 0 Å². The number of methoxy groups -OCH3 is 4. The number of amides is 2. The number of esters is 4. The topological polar surface area (TPSA) is 209 Å². The smallest absolute Gasteiger partial charge is 0.328 e. The van der Waals surface area contributed by atoms with E-state index in [1.807, 2.05) is 60.7 Å². The number of allylic oxidation sites excluding steroid dienone is 2. The molecule has 4 aliphatic carbocycles. The predicted molar refractivity (Wildman–Crippen MR) is 378 cm³/mol. The Labute approximate surface area is 585 Å². The van der Waals surface area contributed by atoms with Crippen LogP contribution < -0.4 is 18.9 Å². The molecular formula is C72H98Br2N4O14S2. The monoisotopic (exact) mass is 1460 g/mol. The van der Waals surface area contributed by atoms with Gasteiger partial charge >= 0.3 is 23.9 Å². The van der Waals surface area contributed by atoms with Crippen molar-refractivity contribution in [3.05, 3.63) is 83.0 Å². The van der Waals surface area contributed by atoms with Gasteiger partial charge in [-0.15, -0.1) is 13.2 Å². The summed E-state index contributed by atoms with van der Waals surface area (Å²) in [4.78, 5) is 94.3. The number of carbonyl (C=O) groups is 6. The van der Waals surface area contributed by atoms with E-state index in [1.54, 1.807) is 24.0 Å². The molecular weight excluding hydrogens is 1370 g/mol. The highest BCUT2D eigenvalue weighted by molar-refractivity contribution is 9.10. The lowest BCUT2D eigenvalue weighted by molar-refractivity contribution is -0.167. The molecule has 0 bridgehead atoms. The Hall–Kier alpha value is -5.58. The molecule has 6 aliphatic rings. The molecule has 18 nitrogen and oxygen atoms in total. The zero-order chi connectivity index (χ0) is 65.7. The maximum Gasteiger partial charge on any atom is 0.328 e. The van der Waals surface area contributed by atoms with E-state index in [9.17, 15) is 28.8 Å². The summed E-state index contributed by atoms with van der Waals surface area (Å²) in [6.07, 6.45) is 22.8. The third-order valence-corrected chi connectivity index (χ3v) is 21.8. The van der Waals surface area contributed by atoms with Crippen LogP contribution in [-0.2, 0) is 47.7 Å². The van der Waals surface area contributed by atoms with Crippen LogP contribution in [0.25, 0.3) is 21.8 Å². The van der Waals surface area contributed by atoms with E-state index in [0.717, 1.165) is 150 Å². The number of ether oxygens (including phenoxy) is 8. The van der Waals surface area contributed by atoms with Gasteiger partial charge < -0.3 is 47.7 Å². The van der Waals surface area contributed by atoms with E-state index in [-0.39, 0.29) is 101 Å². The zero-order valence-electron chi connectivity index (χ0n) is 55.6. The SMILES string of the molecule is C=CCCC[C@@H]1CCC[C@]1(C)OC(=O)C[C@H](C(=O)N1C[C@H](Oc2cc3cc(OC)ccc3nc2Br)C[C@H]1C(=O)OC)C1CCCC1.C=CCCC[C@H]1CCC[C@@]1(C)OC(=O)C[C@H](C(=O)N1C[C@H](Oc2cc3cc(OC)ccc3nc2Br)C[C@H]1C(=O)OC)C1CCCC1.S.S. The molecule has 0 N–H and O–H groups in total. The summed E-state index contributed by atoms with van der Waals surface area (Å²) < 4.78 is 47.3. The minimum Gasteiger partial charge on any atom is -0.497 e. The van der Waals surface area contributed by atoms with Gasteiger partial charge in [-0.25, -0.2) is 19.6 Å². The molecule has 94 heavy (non-hydrogen) atoms. The predicted octanol–water partition coefficient (Wildman–Crippen LogP) is 14.6. The van der Waals surface area contributed by atoms with E-state index in [0.29, 0.717) is 44.0 Å². The third kappa shape index (κ3) is 18.5. The average molecular weight is 1470 g/mol. The van der Waals surface area contributed by atoms with E-state index < -0.39 is 59.3 Å². The molecule has 6 fully saturated rings. The van der Waals surface area contributed by atoms with Gasteiger partial charge in [0, 0.05) is 23.6 Å². The maximum atomic E-state index is 14.4. The molecule has 4 aromatic rings. The Bertz CT molecular complexity index is 3080. The molecule has 2 aromatic carbocycles. The molecule has 22 heteroatoms. The van der Waals surface area contributed by atoms with Crippen molar-refractivity contribution in [1.82, 2.24) is 19.8 Å². The number of aromatic nitrogens is 2. The first-order valence-electron chi connectivity index (χ1n) is 33.3. The van der Waals surface area contributed by atoms with E-state index in [2.05, 4.69) is 68.8 Å². The quantitative estimate of drug-likeness (QED) is 0.0188. The number of fused-ring (bicyclic) bond motifs is 2. The van der Waals surface area contributed by atoms with Crippen LogP contribution in [0.3, 0.4) is 0 Å². The number of benzene rings is 2. The van der Waals surface area contributed by atoms with E-state index >= 15 is 0 Å². The summed E-state index contributed by atoms with van der Waals surface area (Å²) in [7, 11) is 5.88. The summed E-state index contributed by atoms with van der Waals surface area (Å²) in [5.41, 5.74) is 0.509. The van der Waals surface area contributed by atoms with Gasteiger partial charge in [-0.05, 0) is 221 Å². The van der Waals surface area contributed by atoms with Crippen LogP contribution in [0.4, 0.5) is 0 Å². The van der Waals surface area contributed by atoms with Crippen molar-refractivity contribution in [2.45, 2.75) is 203 Å². The lowest BCUT2D eigenvalue weighted by Crippen LogP contribution is -2.46. The highest BCUT2D eigenvalue weighted by Crippen LogP contribution is 2.46. The van der Waals surface area contributed by atoms with Gasteiger partial charge in [-0.1, -0.05) is 37.8 Å². The van der Waals surface area contributed by atoms with Crippen molar-refractivity contribution < 1.29 is 66.7 Å². The first-order chi connectivity index (χ1) is 44.3. The van der Waals surface area contributed by atoms with Crippen molar-refractivity contribution >= 4 is 116 Å². The Balaban J connectivity index is 0.000000260.